The van der Waals surface area contributed by atoms with Crippen LogP contribution in [0.25, 0.3) is 5.57 Å². The Morgan fingerprint density at radius 3 is 2.52 bits per heavy atom. The lowest BCUT2D eigenvalue weighted by Gasteiger charge is -2.27. The first-order chi connectivity index (χ1) is 16.0. The van der Waals surface area contributed by atoms with E-state index in [9.17, 15) is 9.59 Å². The summed E-state index contributed by atoms with van der Waals surface area (Å²) in [6, 6.07) is 13.3. The fourth-order valence-corrected chi connectivity index (χ4v) is 4.28. The Morgan fingerprint density at radius 2 is 1.76 bits per heavy atom. The van der Waals surface area contributed by atoms with E-state index in [-0.39, 0.29) is 11.8 Å². The molecule has 0 atom stereocenters. The van der Waals surface area contributed by atoms with Crippen molar-refractivity contribution in [2.75, 3.05) is 51.8 Å². The van der Waals surface area contributed by atoms with E-state index in [4.69, 9.17) is 9.47 Å². The van der Waals surface area contributed by atoms with E-state index < -0.39 is 0 Å². The molecular formula is C26H31N3O4. The molecular weight excluding hydrogens is 418 g/mol. The molecule has 2 aliphatic heterocycles. The van der Waals surface area contributed by atoms with Crippen LogP contribution in [0, 0.1) is 13.8 Å². The average Bonchev–Trinajstić information content (AvgIpc) is 3.06. The van der Waals surface area contributed by atoms with Gasteiger partial charge in [0, 0.05) is 37.4 Å². The van der Waals surface area contributed by atoms with Gasteiger partial charge in [0.15, 0.2) is 0 Å². The second-order valence-corrected chi connectivity index (χ2v) is 8.46. The first kappa shape index (κ1) is 23.0. The van der Waals surface area contributed by atoms with Crippen molar-refractivity contribution in [1.29, 1.82) is 0 Å². The minimum absolute atomic E-state index is 0.292. The number of carbonyl (C=O) groups is 2. The summed E-state index contributed by atoms with van der Waals surface area (Å²) < 4.78 is 10.9. The summed E-state index contributed by atoms with van der Waals surface area (Å²) >= 11 is 0. The van der Waals surface area contributed by atoms with E-state index in [1.165, 1.54) is 4.90 Å². The van der Waals surface area contributed by atoms with Crippen LogP contribution in [0.3, 0.4) is 0 Å². The first-order valence-corrected chi connectivity index (χ1v) is 11.4. The highest BCUT2D eigenvalue weighted by Gasteiger charge is 2.40. The summed E-state index contributed by atoms with van der Waals surface area (Å²) in [5.74, 6) is -0.0350. The molecule has 0 aliphatic carbocycles. The molecule has 0 spiro atoms. The molecule has 4 rings (SSSR count). The van der Waals surface area contributed by atoms with E-state index >= 15 is 0 Å². The molecule has 7 nitrogen and oxygen atoms in total. The van der Waals surface area contributed by atoms with Crippen LogP contribution >= 0.6 is 0 Å². The SMILES string of the molecule is COc1ccccc1C1=C(Nc2cc(C)ccc2C)C(=O)N(CCCN2CCOCC2)C1=O. The molecule has 1 N–H and O–H groups in total. The van der Waals surface area contributed by atoms with E-state index in [2.05, 4.69) is 10.2 Å². The maximum Gasteiger partial charge on any atom is 0.278 e. The zero-order chi connectivity index (χ0) is 23.4. The largest absolute Gasteiger partial charge is 0.496 e. The van der Waals surface area contributed by atoms with Gasteiger partial charge in [-0.3, -0.25) is 19.4 Å². The van der Waals surface area contributed by atoms with Crippen LogP contribution in [-0.2, 0) is 14.3 Å². The minimum Gasteiger partial charge on any atom is -0.496 e. The van der Waals surface area contributed by atoms with Crippen molar-refractivity contribution in [3.05, 3.63) is 64.9 Å². The molecule has 0 saturated carbocycles. The summed E-state index contributed by atoms with van der Waals surface area (Å²) in [5, 5.41) is 3.28. The minimum atomic E-state index is -0.302. The van der Waals surface area contributed by atoms with Gasteiger partial charge in [-0.25, -0.2) is 0 Å². The molecule has 2 heterocycles. The lowest BCUT2D eigenvalue weighted by atomic mass is 10.0. The van der Waals surface area contributed by atoms with Crippen molar-refractivity contribution in [3.8, 4) is 5.75 Å². The third kappa shape index (κ3) is 4.94. The second kappa shape index (κ2) is 10.2. The highest BCUT2D eigenvalue weighted by Crippen LogP contribution is 2.35. The van der Waals surface area contributed by atoms with Gasteiger partial charge in [0.05, 0.1) is 25.9 Å². The first-order valence-electron chi connectivity index (χ1n) is 11.4. The molecule has 2 amide bonds. The van der Waals surface area contributed by atoms with Crippen LogP contribution in [-0.4, -0.2) is 68.1 Å². The van der Waals surface area contributed by atoms with E-state index in [0.29, 0.717) is 35.5 Å². The molecule has 1 saturated heterocycles. The summed E-state index contributed by atoms with van der Waals surface area (Å²) in [6.45, 7) is 8.38. The van der Waals surface area contributed by atoms with Gasteiger partial charge < -0.3 is 14.8 Å². The lowest BCUT2D eigenvalue weighted by Crippen LogP contribution is -2.39. The van der Waals surface area contributed by atoms with Gasteiger partial charge >= 0.3 is 0 Å². The van der Waals surface area contributed by atoms with Crippen LogP contribution in [0.1, 0.15) is 23.1 Å². The summed E-state index contributed by atoms with van der Waals surface area (Å²) in [5.41, 5.74) is 4.14. The second-order valence-electron chi connectivity index (χ2n) is 8.46. The van der Waals surface area contributed by atoms with E-state index in [0.717, 1.165) is 49.7 Å². The Morgan fingerprint density at radius 1 is 1.00 bits per heavy atom. The highest BCUT2D eigenvalue weighted by atomic mass is 16.5. The average molecular weight is 450 g/mol. The number of imide groups is 1. The Labute approximate surface area is 195 Å². The van der Waals surface area contributed by atoms with Crippen LogP contribution in [0.15, 0.2) is 48.2 Å². The number of aryl methyl sites for hydroxylation is 2. The molecule has 1 fully saturated rings. The number of ether oxygens (including phenoxy) is 2. The molecule has 2 aromatic carbocycles. The summed E-state index contributed by atoms with van der Waals surface area (Å²) in [6.07, 6.45) is 0.716. The molecule has 2 aromatic rings. The number of rotatable bonds is 8. The monoisotopic (exact) mass is 449 g/mol. The summed E-state index contributed by atoms with van der Waals surface area (Å²) in [4.78, 5) is 30.7. The molecule has 33 heavy (non-hydrogen) atoms. The normalized spacial score (nSPS) is 17.1. The number of nitrogens with one attached hydrogen (secondary N) is 1. The number of para-hydroxylation sites is 1. The van der Waals surface area contributed by atoms with Crippen LogP contribution in [0.4, 0.5) is 5.69 Å². The molecule has 174 valence electrons. The Bertz CT molecular complexity index is 1070. The predicted molar refractivity (Wildman–Crippen MR) is 128 cm³/mol. The molecule has 2 aliphatic rings. The number of amides is 2. The lowest BCUT2D eigenvalue weighted by molar-refractivity contribution is -0.136. The zero-order valence-electron chi connectivity index (χ0n) is 19.5. The van der Waals surface area contributed by atoms with Crippen molar-refractivity contribution >= 4 is 23.1 Å². The van der Waals surface area contributed by atoms with Crippen molar-refractivity contribution < 1.29 is 19.1 Å². The van der Waals surface area contributed by atoms with E-state index in [1.807, 2.05) is 50.2 Å². The number of morpholine rings is 1. The fourth-order valence-electron chi connectivity index (χ4n) is 4.28. The Balaban J connectivity index is 1.63. The van der Waals surface area contributed by atoms with Crippen molar-refractivity contribution in [1.82, 2.24) is 9.80 Å². The third-order valence-corrected chi connectivity index (χ3v) is 6.16. The number of carbonyl (C=O) groups excluding carboxylic acids is 2. The van der Waals surface area contributed by atoms with Crippen molar-refractivity contribution in [2.45, 2.75) is 20.3 Å². The number of nitrogens with zero attached hydrogens (tertiary/aromatic N) is 2. The predicted octanol–water partition coefficient (Wildman–Crippen LogP) is 3.23. The van der Waals surface area contributed by atoms with Crippen molar-refractivity contribution in [2.24, 2.45) is 0 Å². The Kier molecular flexibility index (Phi) is 7.11. The van der Waals surface area contributed by atoms with Crippen LogP contribution in [0.2, 0.25) is 0 Å². The highest BCUT2D eigenvalue weighted by molar-refractivity contribution is 6.37. The number of benzene rings is 2. The molecule has 0 bridgehead atoms. The van der Waals surface area contributed by atoms with Gasteiger partial charge in [-0.15, -0.1) is 0 Å². The van der Waals surface area contributed by atoms with Gasteiger partial charge in [0.2, 0.25) is 0 Å². The fraction of sp³-hybridized carbons (Fsp3) is 0.385. The van der Waals surface area contributed by atoms with Gasteiger partial charge in [-0.1, -0.05) is 30.3 Å². The van der Waals surface area contributed by atoms with Crippen LogP contribution < -0.4 is 10.1 Å². The molecule has 0 aromatic heterocycles. The molecule has 0 radical (unpaired) electrons. The standard InChI is InChI=1S/C26H31N3O4/c1-18-9-10-19(2)21(17-18)27-24-23(20-7-4-5-8-22(20)32-3)25(30)29(26(24)31)12-6-11-28-13-15-33-16-14-28/h4-5,7-10,17,27H,6,11-16H2,1-3H3. The number of anilines is 1. The van der Waals surface area contributed by atoms with Crippen molar-refractivity contribution in [3.63, 3.8) is 0 Å². The van der Waals surface area contributed by atoms with Crippen LogP contribution in [0.5, 0.6) is 5.75 Å². The van der Waals surface area contributed by atoms with Gasteiger partial charge in [-0.05, 0) is 43.5 Å². The number of hydrogen-bond acceptors (Lipinski definition) is 6. The quantitative estimate of drug-likeness (QED) is 0.624. The molecule has 0 unspecified atom stereocenters. The zero-order valence-corrected chi connectivity index (χ0v) is 19.5. The smallest absolute Gasteiger partial charge is 0.278 e. The number of hydrogen-bond donors (Lipinski definition) is 1. The topological polar surface area (TPSA) is 71.1 Å². The maximum absolute atomic E-state index is 13.5. The summed E-state index contributed by atoms with van der Waals surface area (Å²) in [7, 11) is 1.57. The van der Waals surface area contributed by atoms with E-state index in [1.54, 1.807) is 13.2 Å². The third-order valence-electron chi connectivity index (χ3n) is 6.16. The van der Waals surface area contributed by atoms with Gasteiger partial charge in [0.1, 0.15) is 11.4 Å². The number of methoxy groups -OCH3 is 1. The molecule has 7 heteroatoms. The van der Waals surface area contributed by atoms with Gasteiger partial charge in [0.25, 0.3) is 11.8 Å². The Hall–Kier alpha value is -3.16. The maximum atomic E-state index is 13.5. The van der Waals surface area contributed by atoms with Gasteiger partial charge in [-0.2, -0.15) is 0 Å².